The number of carboxylic acids is 1. The zero-order valence-electron chi connectivity index (χ0n) is 29.7. The number of aryl methyl sites for hydroxylation is 1. The van der Waals surface area contributed by atoms with E-state index < -0.39 is 42.0 Å². The summed E-state index contributed by atoms with van der Waals surface area (Å²) < 4.78 is 0. The molecule has 13 heteroatoms. The fraction of sp³-hybridized carbons (Fsp3) is 0.400. The Morgan fingerprint density at radius 1 is 0.849 bits per heavy atom. The van der Waals surface area contributed by atoms with Gasteiger partial charge in [0.05, 0.1) is 12.8 Å². The van der Waals surface area contributed by atoms with Gasteiger partial charge in [-0.3, -0.25) is 29.4 Å². The molecule has 0 aliphatic carbocycles. The third-order valence-electron chi connectivity index (χ3n) is 10.0. The number of carboxylic acid groups (broad SMARTS) is 1. The van der Waals surface area contributed by atoms with Crippen molar-refractivity contribution in [3.05, 3.63) is 108 Å². The summed E-state index contributed by atoms with van der Waals surface area (Å²) in [4.78, 5) is 68.6. The first kappa shape index (κ1) is 38.5. The third kappa shape index (κ3) is 11.1. The number of hydrogen-bond acceptors (Lipinski definition) is 6. The Morgan fingerprint density at radius 3 is 2.09 bits per heavy atom. The van der Waals surface area contributed by atoms with Crippen LogP contribution in [0.4, 0.5) is 0 Å². The van der Waals surface area contributed by atoms with Crippen molar-refractivity contribution >= 4 is 35.6 Å². The Balaban J connectivity index is 1.33. The Morgan fingerprint density at radius 2 is 1.47 bits per heavy atom. The number of piperidine rings is 1. The zero-order valence-corrected chi connectivity index (χ0v) is 29.7. The summed E-state index contributed by atoms with van der Waals surface area (Å²) in [6.45, 7) is 0.0867. The predicted molar refractivity (Wildman–Crippen MR) is 199 cm³/mol. The number of carbonyl (C=O) groups excluding carboxylic acids is 4. The van der Waals surface area contributed by atoms with E-state index in [1.54, 1.807) is 4.90 Å². The molecule has 0 saturated carbocycles. The summed E-state index contributed by atoms with van der Waals surface area (Å²) in [5.74, 6) is -3.12. The van der Waals surface area contributed by atoms with Gasteiger partial charge in [-0.1, -0.05) is 91.0 Å². The SMILES string of the molecule is N=C(N)NCC[C@H](NC(=O)C1C[C@@H](Cc2ccccc2)[C@@H]2CCC(NC(=O)Cc3ccccc3)C(=O)N12)C(=O)NC(CCc1ccccc1)CC(=O)O. The molecule has 2 aliphatic rings. The Labute approximate surface area is 309 Å². The van der Waals surface area contributed by atoms with E-state index in [0.717, 1.165) is 16.7 Å². The minimum atomic E-state index is -1.12. The van der Waals surface area contributed by atoms with Crippen LogP contribution in [-0.2, 0) is 43.2 Å². The molecular weight excluding hydrogens is 674 g/mol. The van der Waals surface area contributed by atoms with Gasteiger partial charge in [-0.2, -0.15) is 0 Å². The molecular formula is C40H49N7O6. The summed E-state index contributed by atoms with van der Waals surface area (Å²) >= 11 is 0. The molecule has 2 fully saturated rings. The lowest BCUT2D eigenvalue weighted by Crippen LogP contribution is -2.61. The van der Waals surface area contributed by atoms with Crippen molar-refractivity contribution < 1.29 is 29.1 Å². The van der Waals surface area contributed by atoms with Gasteiger partial charge in [0, 0.05) is 18.6 Å². The molecule has 0 aromatic heterocycles. The van der Waals surface area contributed by atoms with E-state index in [4.69, 9.17) is 11.1 Å². The smallest absolute Gasteiger partial charge is 0.305 e. The quantitative estimate of drug-likeness (QED) is 0.0811. The molecule has 0 spiro atoms. The molecule has 4 amide bonds. The predicted octanol–water partition coefficient (Wildman–Crippen LogP) is 2.29. The van der Waals surface area contributed by atoms with Gasteiger partial charge in [-0.25, -0.2) is 0 Å². The van der Waals surface area contributed by atoms with Gasteiger partial charge < -0.3 is 37.0 Å². The molecule has 13 nitrogen and oxygen atoms in total. The van der Waals surface area contributed by atoms with E-state index in [9.17, 15) is 29.1 Å². The number of nitrogens with one attached hydrogen (secondary N) is 5. The van der Waals surface area contributed by atoms with Crippen LogP contribution in [0.25, 0.3) is 0 Å². The molecule has 53 heavy (non-hydrogen) atoms. The molecule has 6 atom stereocenters. The lowest BCUT2D eigenvalue weighted by molar-refractivity contribution is -0.147. The number of nitrogens with two attached hydrogens (primary N) is 1. The van der Waals surface area contributed by atoms with E-state index in [1.165, 1.54) is 0 Å². The highest BCUT2D eigenvalue weighted by atomic mass is 16.4. The fourth-order valence-electron chi connectivity index (χ4n) is 7.49. The maximum absolute atomic E-state index is 14.2. The average molecular weight is 724 g/mol. The highest BCUT2D eigenvalue weighted by molar-refractivity contribution is 5.95. The molecule has 3 unspecified atom stereocenters. The van der Waals surface area contributed by atoms with Crippen LogP contribution < -0.4 is 27.0 Å². The molecule has 2 aliphatic heterocycles. The second-order valence-corrected chi connectivity index (χ2v) is 13.9. The van der Waals surface area contributed by atoms with Crippen molar-refractivity contribution in [1.82, 2.24) is 26.2 Å². The Bertz CT molecular complexity index is 1730. The number of carbonyl (C=O) groups is 5. The number of nitrogens with zero attached hydrogens (tertiary/aromatic N) is 1. The van der Waals surface area contributed by atoms with E-state index in [1.807, 2.05) is 91.0 Å². The van der Waals surface area contributed by atoms with Crippen molar-refractivity contribution in [2.24, 2.45) is 11.7 Å². The van der Waals surface area contributed by atoms with Crippen molar-refractivity contribution in [3.8, 4) is 0 Å². The van der Waals surface area contributed by atoms with E-state index in [-0.39, 0.29) is 55.5 Å². The number of hydrogen-bond donors (Lipinski definition) is 7. The summed E-state index contributed by atoms with van der Waals surface area (Å²) in [5.41, 5.74) is 8.38. The van der Waals surface area contributed by atoms with Gasteiger partial charge in [0.15, 0.2) is 5.96 Å². The lowest BCUT2D eigenvalue weighted by Gasteiger charge is -2.39. The molecule has 8 N–H and O–H groups in total. The fourth-order valence-corrected chi connectivity index (χ4v) is 7.49. The molecule has 3 aromatic carbocycles. The van der Waals surface area contributed by atoms with Crippen molar-refractivity contribution in [2.75, 3.05) is 6.54 Å². The van der Waals surface area contributed by atoms with Crippen molar-refractivity contribution in [2.45, 2.75) is 88.0 Å². The molecule has 280 valence electrons. The highest BCUT2D eigenvalue weighted by Gasteiger charge is 2.51. The minimum absolute atomic E-state index is 0.0392. The van der Waals surface area contributed by atoms with Gasteiger partial charge in [-0.15, -0.1) is 0 Å². The maximum atomic E-state index is 14.2. The van der Waals surface area contributed by atoms with Crippen LogP contribution in [0.15, 0.2) is 91.0 Å². The molecule has 2 heterocycles. The maximum Gasteiger partial charge on any atom is 0.305 e. The summed E-state index contributed by atoms with van der Waals surface area (Å²) in [6, 6.07) is 24.9. The number of guanidine groups is 1. The third-order valence-corrected chi connectivity index (χ3v) is 10.0. The van der Waals surface area contributed by atoms with Crippen LogP contribution in [0.1, 0.15) is 55.2 Å². The summed E-state index contributed by atoms with van der Waals surface area (Å²) in [6.07, 6.45) is 2.79. The van der Waals surface area contributed by atoms with Crippen molar-refractivity contribution in [1.29, 1.82) is 5.41 Å². The van der Waals surface area contributed by atoms with Crippen LogP contribution >= 0.6 is 0 Å². The number of aliphatic carboxylic acids is 1. The van der Waals surface area contributed by atoms with Crippen molar-refractivity contribution in [3.63, 3.8) is 0 Å². The average Bonchev–Trinajstić information content (AvgIpc) is 3.51. The Hall–Kier alpha value is -5.72. The van der Waals surface area contributed by atoms with Crippen LogP contribution in [0.5, 0.6) is 0 Å². The van der Waals surface area contributed by atoms with Gasteiger partial charge in [0.1, 0.15) is 18.1 Å². The number of fused-ring (bicyclic) bond motifs is 1. The van der Waals surface area contributed by atoms with E-state index in [0.29, 0.717) is 38.5 Å². The largest absolute Gasteiger partial charge is 0.481 e. The normalized spacial score (nSPS) is 20.4. The van der Waals surface area contributed by atoms with Crippen LogP contribution in [0.3, 0.4) is 0 Å². The second kappa shape index (κ2) is 18.7. The number of benzene rings is 3. The standard InChI is InChI=1S/C40H49N7O6/c41-40(42)43-21-20-31(37(51)44-30(25-36(49)50)17-16-26-10-4-1-5-11-26)46-38(52)34-24-29(22-27-12-6-2-7-13-27)33-19-18-32(39(53)47(33)34)45-35(48)23-28-14-8-3-9-15-28/h1-15,29-34H,16-25H2,(H,44,51)(H,45,48)(H,46,52)(H,49,50)(H4,41,42,43)/t29-,30?,31+,32?,33+,34?/m1/s1. The van der Waals surface area contributed by atoms with E-state index >= 15 is 0 Å². The summed E-state index contributed by atoms with van der Waals surface area (Å²) in [7, 11) is 0. The molecule has 2 saturated heterocycles. The van der Waals surface area contributed by atoms with Crippen LogP contribution in [-0.4, -0.2) is 82.3 Å². The lowest BCUT2D eigenvalue weighted by atomic mass is 9.86. The highest BCUT2D eigenvalue weighted by Crippen LogP contribution is 2.39. The van der Waals surface area contributed by atoms with Gasteiger partial charge in [0.2, 0.25) is 23.6 Å². The first-order valence-corrected chi connectivity index (χ1v) is 18.2. The minimum Gasteiger partial charge on any atom is -0.481 e. The summed E-state index contributed by atoms with van der Waals surface area (Å²) in [5, 5.41) is 28.4. The van der Waals surface area contributed by atoms with E-state index in [2.05, 4.69) is 21.3 Å². The van der Waals surface area contributed by atoms with Gasteiger partial charge >= 0.3 is 5.97 Å². The van der Waals surface area contributed by atoms with Gasteiger partial charge in [0.25, 0.3) is 0 Å². The monoisotopic (exact) mass is 723 g/mol. The number of rotatable bonds is 17. The topological polar surface area (TPSA) is 207 Å². The Kier molecular flexibility index (Phi) is 13.6. The van der Waals surface area contributed by atoms with Gasteiger partial charge in [-0.05, 0) is 67.6 Å². The molecule has 5 rings (SSSR count). The molecule has 0 bridgehead atoms. The second-order valence-electron chi connectivity index (χ2n) is 13.9. The van der Waals surface area contributed by atoms with Crippen LogP contribution in [0, 0.1) is 11.3 Å². The molecule has 0 radical (unpaired) electrons. The molecule has 3 aromatic rings. The number of amides is 4. The zero-order chi connectivity index (χ0) is 37.7. The first-order chi connectivity index (χ1) is 25.6. The van der Waals surface area contributed by atoms with Crippen LogP contribution in [0.2, 0.25) is 0 Å². The first-order valence-electron chi connectivity index (χ1n) is 18.2.